The van der Waals surface area contributed by atoms with E-state index in [9.17, 15) is 14.9 Å². The van der Waals surface area contributed by atoms with Crippen molar-refractivity contribution in [3.8, 4) is 34.2 Å². The van der Waals surface area contributed by atoms with Crippen molar-refractivity contribution in [1.82, 2.24) is 4.98 Å². The number of rotatable bonds is 9. The number of amides is 2. The van der Waals surface area contributed by atoms with Crippen LogP contribution in [0, 0.1) is 11.3 Å². The fourth-order valence-corrected chi connectivity index (χ4v) is 4.89. The molecule has 0 radical (unpaired) electrons. The van der Waals surface area contributed by atoms with Crippen molar-refractivity contribution in [3.63, 3.8) is 0 Å². The highest BCUT2D eigenvalue weighted by Crippen LogP contribution is 2.37. The topological polar surface area (TPSA) is 118 Å². The number of aromatic nitrogens is 1. The number of nitrogens with two attached hydrogens (primary N) is 1. The van der Waals surface area contributed by atoms with E-state index < -0.39 is 11.2 Å². The van der Waals surface area contributed by atoms with E-state index in [1.165, 1.54) is 11.8 Å². The maximum Gasteiger partial charge on any atom is 0.248 e. The van der Waals surface area contributed by atoms with Crippen molar-refractivity contribution in [2.75, 3.05) is 12.4 Å². The smallest absolute Gasteiger partial charge is 0.248 e. The lowest BCUT2D eigenvalue weighted by Crippen LogP contribution is -2.25. The molecule has 1 unspecified atom stereocenters. The average molecular weight is 523 g/mol. The minimum Gasteiger partial charge on any atom is -0.497 e. The van der Waals surface area contributed by atoms with Gasteiger partial charge in [-0.15, -0.1) is 0 Å². The molecule has 0 saturated carbocycles. The number of hydrogen-bond acceptors (Lipinski definition) is 6. The first kappa shape index (κ1) is 26.5. The van der Waals surface area contributed by atoms with E-state index in [0.29, 0.717) is 39.7 Å². The second-order valence-corrected chi connectivity index (χ2v) is 9.58. The van der Waals surface area contributed by atoms with Crippen molar-refractivity contribution in [2.45, 2.75) is 23.6 Å². The monoisotopic (exact) mass is 522 g/mol. The molecule has 7 nitrogen and oxygen atoms in total. The van der Waals surface area contributed by atoms with Gasteiger partial charge in [0.1, 0.15) is 16.8 Å². The van der Waals surface area contributed by atoms with Crippen LogP contribution in [0.3, 0.4) is 0 Å². The molecule has 8 heteroatoms. The van der Waals surface area contributed by atoms with Crippen molar-refractivity contribution in [1.29, 1.82) is 5.26 Å². The molecule has 0 spiro atoms. The second kappa shape index (κ2) is 12.1. The Morgan fingerprint density at radius 3 is 2.29 bits per heavy atom. The molecule has 1 aromatic heterocycles. The molecule has 190 valence electrons. The molecule has 0 fully saturated rings. The zero-order valence-electron chi connectivity index (χ0n) is 21.0. The number of thioether (sulfide) groups is 1. The van der Waals surface area contributed by atoms with Crippen LogP contribution in [0.5, 0.6) is 5.75 Å². The summed E-state index contributed by atoms with van der Waals surface area (Å²) in [7, 11) is 1.60. The highest BCUT2D eigenvalue weighted by Gasteiger charge is 2.23. The minimum absolute atomic E-state index is 0.230. The van der Waals surface area contributed by atoms with E-state index in [-0.39, 0.29) is 5.91 Å². The van der Waals surface area contributed by atoms with Gasteiger partial charge in [0, 0.05) is 22.4 Å². The molecule has 0 bridgehead atoms. The number of anilines is 1. The summed E-state index contributed by atoms with van der Waals surface area (Å²) >= 11 is 1.26. The van der Waals surface area contributed by atoms with Gasteiger partial charge in [0.05, 0.1) is 23.6 Å². The van der Waals surface area contributed by atoms with Crippen LogP contribution in [0.2, 0.25) is 0 Å². The largest absolute Gasteiger partial charge is 0.497 e. The van der Waals surface area contributed by atoms with Gasteiger partial charge in [0.2, 0.25) is 11.8 Å². The predicted octanol–water partition coefficient (Wildman–Crippen LogP) is 5.90. The molecular weight excluding hydrogens is 496 g/mol. The highest BCUT2D eigenvalue weighted by atomic mass is 32.2. The fourth-order valence-electron chi connectivity index (χ4n) is 3.87. The number of benzene rings is 3. The molecule has 4 aromatic rings. The van der Waals surface area contributed by atoms with Crippen LogP contribution in [-0.2, 0) is 4.79 Å². The Hall–Kier alpha value is -4.61. The summed E-state index contributed by atoms with van der Waals surface area (Å²) in [5.41, 5.74) is 9.78. The lowest BCUT2D eigenvalue weighted by atomic mass is 9.99. The molecule has 3 N–H and O–H groups in total. The lowest BCUT2D eigenvalue weighted by molar-refractivity contribution is -0.115. The zero-order valence-corrected chi connectivity index (χ0v) is 21.8. The summed E-state index contributed by atoms with van der Waals surface area (Å²) in [6.07, 6.45) is 0.510. The molecule has 0 saturated heterocycles. The summed E-state index contributed by atoms with van der Waals surface area (Å²) in [5.74, 6) is -0.0529. The Balaban J connectivity index is 1.71. The number of carbonyl (C=O) groups is 2. The molecule has 3 aromatic carbocycles. The Morgan fingerprint density at radius 2 is 1.71 bits per heavy atom. The highest BCUT2D eigenvalue weighted by molar-refractivity contribution is 8.00. The van der Waals surface area contributed by atoms with Gasteiger partial charge in [-0.3, -0.25) is 9.59 Å². The number of primary amides is 1. The molecule has 0 aliphatic rings. The molecule has 2 amide bonds. The summed E-state index contributed by atoms with van der Waals surface area (Å²) in [6.45, 7) is 1.91. The fraction of sp³-hybridized carbons (Fsp3) is 0.133. The van der Waals surface area contributed by atoms with Crippen LogP contribution in [0.1, 0.15) is 29.3 Å². The normalized spacial score (nSPS) is 11.3. The van der Waals surface area contributed by atoms with Crippen LogP contribution in [-0.4, -0.2) is 29.2 Å². The third kappa shape index (κ3) is 6.02. The Bertz CT molecular complexity index is 1480. The number of carbonyl (C=O) groups excluding carboxylic acids is 2. The third-order valence-electron chi connectivity index (χ3n) is 5.92. The molecule has 1 atom stereocenters. The number of ether oxygens (including phenoxy) is 1. The molecular formula is C30H26N4O3S. The van der Waals surface area contributed by atoms with E-state index in [1.54, 1.807) is 31.4 Å². The SMILES string of the molecule is CCC(Sc1nc(-c2ccccc2)cc(-c2ccc(OC)cc2)c1C#N)C(=O)Nc1ccc(C(N)=O)cc1. The Morgan fingerprint density at radius 1 is 1.03 bits per heavy atom. The van der Waals surface area contributed by atoms with Crippen LogP contribution in [0.4, 0.5) is 5.69 Å². The van der Waals surface area contributed by atoms with Crippen LogP contribution < -0.4 is 15.8 Å². The Kier molecular flexibility index (Phi) is 8.41. The van der Waals surface area contributed by atoms with Gasteiger partial charge in [-0.25, -0.2) is 4.98 Å². The Labute approximate surface area is 225 Å². The summed E-state index contributed by atoms with van der Waals surface area (Å²) in [5, 5.41) is 13.0. The molecule has 1 heterocycles. The lowest BCUT2D eigenvalue weighted by Gasteiger charge is -2.18. The van der Waals surface area contributed by atoms with Crippen molar-refractivity contribution < 1.29 is 14.3 Å². The third-order valence-corrected chi connectivity index (χ3v) is 7.27. The van der Waals surface area contributed by atoms with Gasteiger partial charge < -0.3 is 15.8 Å². The van der Waals surface area contributed by atoms with Crippen molar-refractivity contribution in [3.05, 3.63) is 96.1 Å². The van der Waals surface area contributed by atoms with Gasteiger partial charge in [0.25, 0.3) is 0 Å². The first-order valence-electron chi connectivity index (χ1n) is 12.0. The molecule has 0 aliphatic heterocycles. The van der Waals surface area contributed by atoms with Gasteiger partial charge in [-0.2, -0.15) is 5.26 Å². The first-order valence-corrected chi connectivity index (χ1v) is 12.8. The summed E-state index contributed by atoms with van der Waals surface area (Å²) < 4.78 is 5.29. The van der Waals surface area contributed by atoms with E-state index in [0.717, 1.165) is 16.7 Å². The number of nitrogens with one attached hydrogen (secondary N) is 1. The summed E-state index contributed by atoms with van der Waals surface area (Å²) in [6, 6.07) is 27.8. The van der Waals surface area contributed by atoms with E-state index in [4.69, 9.17) is 15.5 Å². The number of hydrogen-bond donors (Lipinski definition) is 2. The maximum atomic E-state index is 13.2. The van der Waals surface area contributed by atoms with Gasteiger partial charge >= 0.3 is 0 Å². The number of nitriles is 1. The minimum atomic E-state index is -0.536. The second-order valence-electron chi connectivity index (χ2n) is 8.39. The van der Waals surface area contributed by atoms with Crippen LogP contribution >= 0.6 is 11.8 Å². The molecule has 4 rings (SSSR count). The van der Waals surface area contributed by atoms with Gasteiger partial charge in [-0.1, -0.05) is 61.2 Å². The van der Waals surface area contributed by atoms with Gasteiger partial charge in [-0.05, 0) is 54.4 Å². The predicted molar refractivity (Wildman–Crippen MR) is 150 cm³/mol. The van der Waals surface area contributed by atoms with Crippen molar-refractivity contribution in [2.24, 2.45) is 5.73 Å². The van der Waals surface area contributed by atoms with Crippen LogP contribution in [0.25, 0.3) is 22.4 Å². The molecule has 0 aliphatic carbocycles. The van der Waals surface area contributed by atoms with E-state index in [2.05, 4.69) is 11.4 Å². The number of methoxy groups -OCH3 is 1. The standard InChI is InChI=1S/C30H26N4O3S/c1-3-27(29(36)33-22-13-9-21(10-14-22)28(32)35)38-30-25(18-31)24(19-11-15-23(37-2)16-12-19)17-26(34-30)20-7-5-4-6-8-20/h4-17,27H,3H2,1-2H3,(H2,32,35)(H,33,36). The number of pyridine rings is 1. The first-order chi connectivity index (χ1) is 18.4. The quantitative estimate of drug-likeness (QED) is 0.264. The van der Waals surface area contributed by atoms with Crippen LogP contribution in [0.15, 0.2) is 90.0 Å². The average Bonchev–Trinajstić information content (AvgIpc) is 2.96. The van der Waals surface area contributed by atoms with E-state index >= 15 is 0 Å². The maximum absolute atomic E-state index is 13.2. The number of nitrogens with zero attached hydrogens (tertiary/aromatic N) is 2. The van der Waals surface area contributed by atoms with Gasteiger partial charge in [0.15, 0.2) is 0 Å². The zero-order chi connectivity index (χ0) is 27.1. The molecule has 38 heavy (non-hydrogen) atoms. The van der Waals surface area contributed by atoms with E-state index in [1.807, 2.05) is 67.6 Å². The van der Waals surface area contributed by atoms with Crippen molar-refractivity contribution >= 4 is 29.3 Å². The summed E-state index contributed by atoms with van der Waals surface area (Å²) in [4.78, 5) is 29.4.